The third kappa shape index (κ3) is 3.10. The van der Waals surface area contributed by atoms with Crippen LogP contribution in [0.25, 0.3) is 17.2 Å². The van der Waals surface area contributed by atoms with Crippen molar-refractivity contribution in [3.05, 3.63) is 65.2 Å². The first-order chi connectivity index (χ1) is 9.63. The van der Waals surface area contributed by atoms with Gasteiger partial charge in [-0.1, -0.05) is 48.6 Å². The van der Waals surface area contributed by atoms with E-state index in [0.29, 0.717) is 12.0 Å². The van der Waals surface area contributed by atoms with Crippen molar-refractivity contribution in [3.8, 4) is 11.1 Å². The van der Waals surface area contributed by atoms with Gasteiger partial charge in [-0.2, -0.15) is 0 Å². The van der Waals surface area contributed by atoms with Gasteiger partial charge in [-0.25, -0.2) is 8.78 Å². The van der Waals surface area contributed by atoms with E-state index < -0.39 is 11.6 Å². The summed E-state index contributed by atoms with van der Waals surface area (Å²) >= 11 is 0. The summed E-state index contributed by atoms with van der Waals surface area (Å²) in [5, 5.41) is 0. The summed E-state index contributed by atoms with van der Waals surface area (Å²) in [5.74, 6) is -1.64. The summed E-state index contributed by atoms with van der Waals surface area (Å²) in [5.41, 5.74) is 2.05. The highest BCUT2D eigenvalue weighted by Crippen LogP contribution is 2.26. The molecule has 20 heavy (non-hydrogen) atoms. The first kappa shape index (κ1) is 14.4. The molecular weight excluding hydrogens is 261 g/mol. The standard InChI is InChI=1S/C17H15F3/c1-12-5-10-15(17(20)16(12)19)14-8-6-13(7-9-14)4-2-3-11-18/h2,4-10H,3,11H2,1H3. The van der Waals surface area contributed by atoms with Crippen LogP contribution in [0.2, 0.25) is 0 Å². The summed E-state index contributed by atoms with van der Waals surface area (Å²) in [6.07, 6.45) is 3.91. The van der Waals surface area contributed by atoms with Crippen LogP contribution in [0.4, 0.5) is 13.2 Å². The van der Waals surface area contributed by atoms with Gasteiger partial charge in [-0.15, -0.1) is 0 Å². The monoisotopic (exact) mass is 276 g/mol. The molecule has 2 rings (SSSR count). The van der Waals surface area contributed by atoms with Crippen LogP contribution in [0.1, 0.15) is 17.5 Å². The van der Waals surface area contributed by atoms with E-state index >= 15 is 0 Å². The molecule has 2 aromatic rings. The molecule has 0 spiro atoms. The maximum absolute atomic E-state index is 13.9. The number of benzene rings is 2. The molecule has 0 atom stereocenters. The van der Waals surface area contributed by atoms with Crippen LogP contribution in [0.5, 0.6) is 0 Å². The molecule has 0 saturated heterocycles. The smallest absolute Gasteiger partial charge is 0.166 e. The Kier molecular flexibility index (Phi) is 4.61. The van der Waals surface area contributed by atoms with Crippen LogP contribution < -0.4 is 0 Å². The zero-order valence-electron chi connectivity index (χ0n) is 11.2. The van der Waals surface area contributed by atoms with Crippen molar-refractivity contribution in [3.63, 3.8) is 0 Å². The topological polar surface area (TPSA) is 0 Å². The van der Waals surface area contributed by atoms with Crippen LogP contribution in [0.15, 0.2) is 42.5 Å². The number of allylic oxidation sites excluding steroid dienone is 1. The SMILES string of the molecule is Cc1ccc(-c2ccc(C=CCCF)cc2)c(F)c1F. The Hall–Kier alpha value is -2.03. The fourth-order valence-corrected chi connectivity index (χ4v) is 1.93. The molecule has 0 bridgehead atoms. The van der Waals surface area contributed by atoms with Gasteiger partial charge in [-0.3, -0.25) is 4.39 Å². The van der Waals surface area contributed by atoms with E-state index in [1.54, 1.807) is 48.6 Å². The number of alkyl halides is 1. The number of hydrogen-bond donors (Lipinski definition) is 0. The molecule has 104 valence electrons. The van der Waals surface area contributed by atoms with Gasteiger partial charge in [-0.05, 0) is 30.0 Å². The number of hydrogen-bond acceptors (Lipinski definition) is 0. The molecule has 0 heterocycles. The Balaban J connectivity index is 2.29. The molecule has 0 aliphatic carbocycles. The average molecular weight is 276 g/mol. The van der Waals surface area contributed by atoms with E-state index in [9.17, 15) is 13.2 Å². The Morgan fingerprint density at radius 3 is 2.30 bits per heavy atom. The second-order valence-corrected chi connectivity index (χ2v) is 4.56. The van der Waals surface area contributed by atoms with E-state index in [-0.39, 0.29) is 17.8 Å². The number of rotatable bonds is 4. The first-order valence-electron chi connectivity index (χ1n) is 6.41. The normalized spacial score (nSPS) is 11.2. The molecule has 0 aliphatic heterocycles. The van der Waals surface area contributed by atoms with E-state index in [1.165, 1.54) is 6.92 Å². The summed E-state index contributed by atoms with van der Waals surface area (Å²) < 4.78 is 39.4. The van der Waals surface area contributed by atoms with Gasteiger partial charge >= 0.3 is 0 Å². The van der Waals surface area contributed by atoms with Crippen LogP contribution in [-0.2, 0) is 0 Å². The third-order valence-corrected chi connectivity index (χ3v) is 3.08. The predicted molar refractivity (Wildman–Crippen MR) is 76.2 cm³/mol. The van der Waals surface area contributed by atoms with Gasteiger partial charge < -0.3 is 0 Å². The lowest BCUT2D eigenvalue weighted by Crippen LogP contribution is -1.93. The van der Waals surface area contributed by atoms with E-state index in [0.717, 1.165) is 5.56 Å². The highest BCUT2D eigenvalue weighted by atomic mass is 19.2. The van der Waals surface area contributed by atoms with Crippen LogP contribution in [0.3, 0.4) is 0 Å². The Labute approximate surface area is 116 Å². The minimum atomic E-state index is -0.828. The van der Waals surface area contributed by atoms with Crippen molar-refractivity contribution < 1.29 is 13.2 Å². The molecule has 2 aromatic carbocycles. The molecule has 0 aromatic heterocycles. The summed E-state index contributed by atoms with van der Waals surface area (Å²) in [6, 6.07) is 10.2. The molecular formula is C17H15F3. The number of halogens is 3. The van der Waals surface area contributed by atoms with Crippen molar-refractivity contribution in [2.45, 2.75) is 13.3 Å². The van der Waals surface area contributed by atoms with E-state index in [2.05, 4.69) is 0 Å². The fraction of sp³-hybridized carbons (Fsp3) is 0.176. The van der Waals surface area contributed by atoms with Gasteiger partial charge in [0.25, 0.3) is 0 Å². The minimum Gasteiger partial charge on any atom is -0.251 e. The lowest BCUT2D eigenvalue weighted by Gasteiger charge is -2.06. The Morgan fingerprint density at radius 2 is 1.65 bits per heavy atom. The zero-order chi connectivity index (χ0) is 14.5. The molecule has 3 heteroatoms. The van der Waals surface area contributed by atoms with Crippen molar-refractivity contribution in [1.82, 2.24) is 0 Å². The Bertz CT molecular complexity index is 613. The first-order valence-corrected chi connectivity index (χ1v) is 6.41. The van der Waals surface area contributed by atoms with Gasteiger partial charge in [0.1, 0.15) is 0 Å². The third-order valence-electron chi connectivity index (χ3n) is 3.08. The molecule has 0 fully saturated rings. The molecule has 0 saturated carbocycles. The molecule has 0 radical (unpaired) electrons. The summed E-state index contributed by atoms with van der Waals surface area (Å²) in [6.45, 7) is 1.14. The van der Waals surface area contributed by atoms with Gasteiger partial charge in [0.05, 0.1) is 6.67 Å². The van der Waals surface area contributed by atoms with Crippen molar-refractivity contribution in [2.75, 3.05) is 6.67 Å². The maximum Gasteiger partial charge on any atom is 0.166 e. The molecule has 0 amide bonds. The van der Waals surface area contributed by atoms with Crippen molar-refractivity contribution in [1.29, 1.82) is 0 Å². The minimum absolute atomic E-state index is 0.243. The zero-order valence-corrected chi connectivity index (χ0v) is 11.2. The van der Waals surface area contributed by atoms with Gasteiger partial charge in [0, 0.05) is 5.56 Å². The highest BCUT2D eigenvalue weighted by Gasteiger charge is 2.12. The largest absolute Gasteiger partial charge is 0.251 e. The fourth-order valence-electron chi connectivity index (χ4n) is 1.93. The second kappa shape index (κ2) is 6.42. The molecule has 0 N–H and O–H groups in total. The van der Waals surface area contributed by atoms with Crippen LogP contribution >= 0.6 is 0 Å². The average Bonchev–Trinajstić information content (AvgIpc) is 2.46. The number of aryl methyl sites for hydroxylation is 1. The highest BCUT2D eigenvalue weighted by molar-refractivity contribution is 5.66. The van der Waals surface area contributed by atoms with E-state index in [1.807, 2.05) is 0 Å². The molecule has 0 nitrogen and oxygen atoms in total. The lowest BCUT2D eigenvalue weighted by atomic mass is 10.0. The molecule has 0 aliphatic rings. The van der Waals surface area contributed by atoms with Gasteiger partial charge in [0.15, 0.2) is 11.6 Å². The molecule has 0 unspecified atom stereocenters. The van der Waals surface area contributed by atoms with Gasteiger partial charge in [0.2, 0.25) is 0 Å². The Morgan fingerprint density at radius 1 is 0.950 bits per heavy atom. The van der Waals surface area contributed by atoms with Crippen molar-refractivity contribution in [2.24, 2.45) is 0 Å². The summed E-state index contributed by atoms with van der Waals surface area (Å²) in [7, 11) is 0. The van der Waals surface area contributed by atoms with Crippen LogP contribution in [0, 0.1) is 18.6 Å². The van der Waals surface area contributed by atoms with Crippen molar-refractivity contribution >= 4 is 6.08 Å². The van der Waals surface area contributed by atoms with E-state index in [4.69, 9.17) is 0 Å². The maximum atomic E-state index is 13.9. The predicted octanol–water partition coefficient (Wildman–Crippen LogP) is 5.31. The lowest BCUT2D eigenvalue weighted by molar-refractivity contribution is 0.501. The second-order valence-electron chi connectivity index (χ2n) is 4.56. The summed E-state index contributed by atoms with van der Waals surface area (Å²) in [4.78, 5) is 0. The quantitative estimate of drug-likeness (QED) is 0.709. The van der Waals surface area contributed by atoms with Crippen LogP contribution in [-0.4, -0.2) is 6.67 Å².